The third kappa shape index (κ3) is 3.22. The predicted octanol–water partition coefficient (Wildman–Crippen LogP) is 0.819. The summed E-state index contributed by atoms with van der Waals surface area (Å²) in [5, 5.41) is 19.4. The first-order valence-corrected chi connectivity index (χ1v) is 6.78. The normalized spacial score (nSPS) is 45.3. The van der Waals surface area contributed by atoms with E-state index < -0.39 is 5.60 Å². The maximum Gasteiger partial charge on any atom is 0.155 e. The number of ether oxygens (including phenoxy) is 3. The second-order valence-electron chi connectivity index (χ2n) is 5.50. The van der Waals surface area contributed by atoms with Crippen LogP contribution in [0, 0.1) is 0 Å². The molecule has 0 bridgehead atoms. The number of aliphatic hydroxyl groups excluding tert-OH is 1. The number of aliphatic hydroxyl groups is 2. The Morgan fingerprint density at radius 3 is 2.78 bits per heavy atom. The van der Waals surface area contributed by atoms with Gasteiger partial charge in [-0.15, -0.1) is 0 Å². The average molecular weight is 260 g/mol. The Balaban J connectivity index is 2.02. The van der Waals surface area contributed by atoms with E-state index in [4.69, 9.17) is 19.3 Å². The van der Waals surface area contributed by atoms with E-state index in [9.17, 15) is 5.11 Å². The summed E-state index contributed by atoms with van der Waals surface area (Å²) in [6.45, 7) is 4.31. The number of fused-ring (bicyclic) bond motifs is 1. The van der Waals surface area contributed by atoms with Crippen LogP contribution in [-0.2, 0) is 14.2 Å². The number of hydrogen-bond donors (Lipinski definition) is 2. The molecule has 0 saturated carbocycles. The second kappa shape index (κ2) is 5.84. The molecule has 2 aliphatic heterocycles. The van der Waals surface area contributed by atoms with Crippen molar-refractivity contribution in [2.75, 3.05) is 13.2 Å². The molecule has 0 aromatic rings. The van der Waals surface area contributed by atoms with Crippen molar-refractivity contribution < 1.29 is 24.4 Å². The summed E-state index contributed by atoms with van der Waals surface area (Å²) in [7, 11) is 0. The van der Waals surface area contributed by atoms with E-state index in [0.717, 1.165) is 6.42 Å². The first-order chi connectivity index (χ1) is 8.53. The van der Waals surface area contributed by atoms with Crippen molar-refractivity contribution in [3.8, 4) is 0 Å². The molecule has 2 N–H and O–H groups in total. The molecule has 5 heteroatoms. The molecule has 0 amide bonds. The van der Waals surface area contributed by atoms with Crippen molar-refractivity contribution in [1.82, 2.24) is 0 Å². The van der Waals surface area contributed by atoms with Gasteiger partial charge in [-0.3, -0.25) is 0 Å². The van der Waals surface area contributed by atoms with Gasteiger partial charge in [-0.1, -0.05) is 0 Å². The van der Waals surface area contributed by atoms with Gasteiger partial charge in [0.2, 0.25) is 0 Å². The van der Waals surface area contributed by atoms with Gasteiger partial charge in [0.1, 0.15) is 6.10 Å². The molecule has 2 rings (SSSR count). The van der Waals surface area contributed by atoms with Crippen molar-refractivity contribution in [2.24, 2.45) is 0 Å². The van der Waals surface area contributed by atoms with Crippen molar-refractivity contribution in [3.05, 3.63) is 0 Å². The van der Waals surface area contributed by atoms with Gasteiger partial charge in [-0.2, -0.15) is 0 Å². The zero-order valence-corrected chi connectivity index (χ0v) is 11.2. The van der Waals surface area contributed by atoms with Crippen LogP contribution in [0.25, 0.3) is 0 Å². The lowest BCUT2D eigenvalue weighted by Crippen LogP contribution is -2.46. The van der Waals surface area contributed by atoms with Crippen LogP contribution in [-0.4, -0.2) is 53.6 Å². The molecule has 106 valence electrons. The Morgan fingerprint density at radius 1 is 1.28 bits per heavy atom. The molecule has 0 aliphatic carbocycles. The third-order valence-electron chi connectivity index (χ3n) is 3.87. The highest BCUT2D eigenvalue weighted by Gasteiger charge is 2.43. The van der Waals surface area contributed by atoms with Crippen LogP contribution >= 0.6 is 0 Å². The summed E-state index contributed by atoms with van der Waals surface area (Å²) in [6, 6.07) is 0. The van der Waals surface area contributed by atoms with E-state index in [-0.39, 0.29) is 31.2 Å². The SMILES string of the molecule is C[C@@H]1OC[C@H]2O[C@@H](CCCO)[C@](C)(O)CC[C@@H]2O1. The summed E-state index contributed by atoms with van der Waals surface area (Å²) < 4.78 is 17.1. The maximum atomic E-state index is 10.5. The average Bonchev–Trinajstić information content (AvgIpc) is 2.44. The summed E-state index contributed by atoms with van der Waals surface area (Å²) >= 11 is 0. The van der Waals surface area contributed by atoms with E-state index in [0.29, 0.717) is 25.9 Å². The predicted molar refractivity (Wildman–Crippen MR) is 65.1 cm³/mol. The highest BCUT2D eigenvalue weighted by atomic mass is 16.7. The van der Waals surface area contributed by atoms with Gasteiger partial charge in [0.15, 0.2) is 6.29 Å². The quantitative estimate of drug-likeness (QED) is 0.786. The molecule has 0 aromatic carbocycles. The van der Waals surface area contributed by atoms with Crippen molar-refractivity contribution in [3.63, 3.8) is 0 Å². The second-order valence-corrected chi connectivity index (χ2v) is 5.50. The standard InChI is InChI=1S/C13H24O5/c1-9-16-8-11-10(17-9)5-6-13(2,15)12(18-11)4-3-7-14/h9-12,14-15H,3-8H2,1-2H3/t9-,10+,11-,12+,13-/m1/s1. The zero-order valence-electron chi connectivity index (χ0n) is 11.2. The van der Waals surface area contributed by atoms with Crippen LogP contribution in [0.4, 0.5) is 0 Å². The first kappa shape index (κ1) is 14.2. The van der Waals surface area contributed by atoms with Gasteiger partial charge in [0, 0.05) is 6.61 Å². The van der Waals surface area contributed by atoms with Gasteiger partial charge in [0.05, 0.1) is 24.4 Å². The minimum absolute atomic E-state index is 0.000600. The molecule has 0 unspecified atom stereocenters. The fourth-order valence-corrected chi connectivity index (χ4v) is 2.70. The van der Waals surface area contributed by atoms with Gasteiger partial charge >= 0.3 is 0 Å². The van der Waals surface area contributed by atoms with E-state index in [1.807, 2.05) is 6.92 Å². The summed E-state index contributed by atoms with van der Waals surface area (Å²) in [5.74, 6) is 0. The van der Waals surface area contributed by atoms with Gasteiger partial charge in [0.25, 0.3) is 0 Å². The van der Waals surface area contributed by atoms with Crippen molar-refractivity contribution >= 4 is 0 Å². The molecule has 2 aliphatic rings. The van der Waals surface area contributed by atoms with Crippen LogP contribution in [0.15, 0.2) is 0 Å². The van der Waals surface area contributed by atoms with Crippen LogP contribution in [0.1, 0.15) is 39.5 Å². The molecular weight excluding hydrogens is 236 g/mol. The zero-order chi connectivity index (χ0) is 13.2. The Kier molecular flexibility index (Phi) is 4.61. The van der Waals surface area contributed by atoms with Gasteiger partial charge in [-0.05, 0) is 39.5 Å². The smallest absolute Gasteiger partial charge is 0.155 e. The van der Waals surface area contributed by atoms with Crippen LogP contribution in [0.2, 0.25) is 0 Å². The van der Waals surface area contributed by atoms with E-state index >= 15 is 0 Å². The van der Waals surface area contributed by atoms with E-state index in [2.05, 4.69) is 0 Å². The monoisotopic (exact) mass is 260 g/mol. The van der Waals surface area contributed by atoms with E-state index in [1.54, 1.807) is 6.92 Å². The van der Waals surface area contributed by atoms with Crippen LogP contribution in [0.3, 0.4) is 0 Å². The molecular formula is C13H24O5. The minimum atomic E-state index is -0.862. The largest absolute Gasteiger partial charge is 0.396 e. The fraction of sp³-hybridized carbons (Fsp3) is 1.00. The topological polar surface area (TPSA) is 68.2 Å². The molecule has 0 spiro atoms. The fourth-order valence-electron chi connectivity index (χ4n) is 2.70. The Bertz CT molecular complexity index is 268. The highest BCUT2D eigenvalue weighted by molar-refractivity contribution is 4.91. The minimum Gasteiger partial charge on any atom is -0.396 e. The summed E-state index contributed by atoms with van der Waals surface area (Å²) in [5.41, 5.74) is -0.862. The molecule has 5 atom stereocenters. The Labute approximate surface area is 108 Å². The molecule has 18 heavy (non-hydrogen) atoms. The van der Waals surface area contributed by atoms with E-state index in [1.165, 1.54) is 0 Å². The lowest BCUT2D eigenvalue weighted by atomic mass is 9.90. The lowest BCUT2D eigenvalue weighted by molar-refractivity contribution is -0.262. The van der Waals surface area contributed by atoms with Crippen molar-refractivity contribution in [2.45, 2.75) is 69.7 Å². The number of hydrogen-bond acceptors (Lipinski definition) is 5. The molecule has 2 fully saturated rings. The molecule has 2 saturated heterocycles. The summed E-state index contributed by atoms with van der Waals surface area (Å²) in [6.07, 6.45) is 2.14. The number of rotatable bonds is 3. The lowest BCUT2D eigenvalue weighted by Gasteiger charge is -2.36. The summed E-state index contributed by atoms with van der Waals surface area (Å²) in [4.78, 5) is 0. The maximum absolute atomic E-state index is 10.5. The van der Waals surface area contributed by atoms with Crippen LogP contribution < -0.4 is 0 Å². The Hall–Kier alpha value is -0.200. The highest BCUT2D eigenvalue weighted by Crippen LogP contribution is 2.33. The Morgan fingerprint density at radius 2 is 2.06 bits per heavy atom. The molecule has 0 radical (unpaired) electrons. The van der Waals surface area contributed by atoms with Crippen LogP contribution in [0.5, 0.6) is 0 Å². The molecule has 2 heterocycles. The molecule has 5 nitrogen and oxygen atoms in total. The van der Waals surface area contributed by atoms with Gasteiger partial charge < -0.3 is 24.4 Å². The van der Waals surface area contributed by atoms with Gasteiger partial charge in [-0.25, -0.2) is 0 Å². The third-order valence-corrected chi connectivity index (χ3v) is 3.87. The van der Waals surface area contributed by atoms with Crippen molar-refractivity contribution in [1.29, 1.82) is 0 Å². The molecule has 0 aromatic heterocycles. The first-order valence-electron chi connectivity index (χ1n) is 6.78.